The number of aryl methyl sites for hydroxylation is 2. The van der Waals surface area contributed by atoms with Gasteiger partial charge in [0.05, 0.1) is 29.7 Å². The van der Waals surface area contributed by atoms with Crippen molar-refractivity contribution in [2.24, 2.45) is 0 Å². The molecule has 1 saturated heterocycles. The Hall–Kier alpha value is -3.69. The predicted octanol–water partition coefficient (Wildman–Crippen LogP) is 5.41. The van der Waals surface area contributed by atoms with E-state index in [0.29, 0.717) is 10.8 Å². The quantitative estimate of drug-likeness (QED) is 0.303. The SMILES string of the molecule is Cc1cc(N2C(=S)N[C@H](c3ccccn3)[C@H]2c2cc(C)n(Cc3ccccc3)c2C)ccc1NS(C)(=O)=O. The van der Waals surface area contributed by atoms with E-state index in [9.17, 15) is 8.42 Å². The first-order valence-corrected chi connectivity index (χ1v) is 14.7. The van der Waals surface area contributed by atoms with Crippen molar-refractivity contribution in [2.45, 2.75) is 39.4 Å². The molecule has 1 aliphatic heterocycles. The Labute approximate surface area is 229 Å². The molecule has 2 atom stereocenters. The van der Waals surface area contributed by atoms with Gasteiger partial charge in [0.2, 0.25) is 10.0 Å². The van der Waals surface area contributed by atoms with Gasteiger partial charge in [0.15, 0.2) is 5.11 Å². The largest absolute Gasteiger partial charge is 0.351 e. The molecule has 2 aromatic heterocycles. The van der Waals surface area contributed by atoms with E-state index in [1.807, 2.05) is 43.3 Å². The zero-order chi connectivity index (χ0) is 27.0. The number of thiocarbonyl (C=S) groups is 1. The van der Waals surface area contributed by atoms with Crippen LogP contribution in [0, 0.1) is 20.8 Å². The molecule has 9 heteroatoms. The van der Waals surface area contributed by atoms with Gasteiger partial charge in [0.1, 0.15) is 0 Å². The summed E-state index contributed by atoms with van der Waals surface area (Å²) in [5, 5.41) is 4.12. The standard InChI is InChI=1S/C29H31N5O2S2/c1-19-16-23(13-14-25(19)32-38(4,35)36)34-28(27(31-29(34)37)26-12-8-9-15-30-26)24-17-20(2)33(21(24)3)18-22-10-6-5-7-11-22/h5-17,27-28,32H,18H2,1-4H3,(H,31,37)/t27-,28-/m1/s1. The van der Waals surface area contributed by atoms with Crippen molar-refractivity contribution in [3.8, 4) is 0 Å². The average Bonchev–Trinajstić information content (AvgIpc) is 3.36. The Balaban J connectivity index is 1.60. The minimum absolute atomic E-state index is 0.152. The molecule has 2 N–H and O–H groups in total. The van der Waals surface area contributed by atoms with Gasteiger partial charge in [0, 0.05) is 29.8 Å². The molecule has 0 radical (unpaired) electrons. The van der Waals surface area contributed by atoms with Gasteiger partial charge in [-0.1, -0.05) is 36.4 Å². The Bertz CT molecular complexity index is 1580. The number of nitrogens with zero attached hydrogens (tertiary/aromatic N) is 3. The number of nitrogens with one attached hydrogen (secondary N) is 2. The molecule has 0 unspecified atom stereocenters. The van der Waals surface area contributed by atoms with E-state index in [-0.39, 0.29) is 12.1 Å². The molecule has 3 heterocycles. The molecule has 5 rings (SSSR count). The number of aromatic nitrogens is 2. The summed E-state index contributed by atoms with van der Waals surface area (Å²) in [5.41, 5.74) is 7.89. The summed E-state index contributed by atoms with van der Waals surface area (Å²) in [6.45, 7) is 6.96. The molecule has 1 fully saturated rings. The predicted molar refractivity (Wildman–Crippen MR) is 157 cm³/mol. The van der Waals surface area contributed by atoms with Crippen molar-refractivity contribution in [3.63, 3.8) is 0 Å². The van der Waals surface area contributed by atoms with Crippen LogP contribution in [-0.2, 0) is 16.6 Å². The van der Waals surface area contributed by atoms with Crippen molar-refractivity contribution in [1.82, 2.24) is 14.9 Å². The fourth-order valence-electron chi connectivity index (χ4n) is 5.20. The normalized spacial score (nSPS) is 17.5. The number of benzene rings is 2. The van der Waals surface area contributed by atoms with E-state index in [4.69, 9.17) is 12.2 Å². The van der Waals surface area contributed by atoms with Gasteiger partial charge in [-0.15, -0.1) is 0 Å². The second-order valence-electron chi connectivity index (χ2n) is 9.77. The zero-order valence-electron chi connectivity index (χ0n) is 21.8. The molecule has 0 saturated carbocycles. The Morgan fingerprint density at radius 2 is 1.74 bits per heavy atom. The first-order valence-electron chi connectivity index (χ1n) is 12.4. The molecule has 0 spiro atoms. The van der Waals surface area contributed by atoms with Crippen LogP contribution in [0.1, 0.15) is 45.9 Å². The molecule has 1 aliphatic rings. The van der Waals surface area contributed by atoms with E-state index < -0.39 is 10.0 Å². The van der Waals surface area contributed by atoms with Crippen LogP contribution in [-0.4, -0.2) is 29.3 Å². The van der Waals surface area contributed by atoms with Crippen LogP contribution in [0.5, 0.6) is 0 Å². The van der Waals surface area contributed by atoms with Gasteiger partial charge in [-0.3, -0.25) is 9.71 Å². The lowest BCUT2D eigenvalue weighted by Gasteiger charge is -2.29. The Morgan fingerprint density at radius 1 is 1.00 bits per heavy atom. The summed E-state index contributed by atoms with van der Waals surface area (Å²) in [7, 11) is -3.39. The number of sulfonamides is 1. The number of hydrogen-bond donors (Lipinski definition) is 2. The summed E-state index contributed by atoms with van der Waals surface area (Å²) < 4.78 is 28.6. The maximum absolute atomic E-state index is 11.8. The minimum Gasteiger partial charge on any atom is -0.351 e. The summed E-state index contributed by atoms with van der Waals surface area (Å²) in [4.78, 5) is 6.79. The van der Waals surface area contributed by atoms with Crippen molar-refractivity contribution in [2.75, 3.05) is 15.9 Å². The lowest BCUT2D eigenvalue weighted by Crippen LogP contribution is -2.29. The van der Waals surface area contributed by atoms with Crippen LogP contribution in [0.3, 0.4) is 0 Å². The number of rotatable bonds is 7. The topological polar surface area (TPSA) is 79.3 Å². The summed E-state index contributed by atoms with van der Waals surface area (Å²) in [6, 6.07) is 24.0. The molecule has 7 nitrogen and oxygen atoms in total. The van der Waals surface area contributed by atoms with Crippen molar-refractivity contribution in [3.05, 3.63) is 113 Å². The van der Waals surface area contributed by atoms with Crippen LogP contribution in [0.2, 0.25) is 0 Å². The summed E-state index contributed by atoms with van der Waals surface area (Å²) >= 11 is 5.90. The lowest BCUT2D eigenvalue weighted by atomic mass is 9.96. The highest BCUT2D eigenvalue weighted by atomic mass is 32.2. The van der Waals surface area contributed by atoms with Crippen LogP contribution >= 0.6 is 12.2 Å². The van der Waals surface area contributed by atoms with Gasteiger partial charge in [-0.05, 0) is 86.1 Å². The van der Waals surface area contributed by atoms with E-state index in [0.717, 1.165) is 35.3 Å². The molecule has 196 valence electrons. The van der Waals surface area contributed by atoms with Gasteiger partial charge >= 0.3 is 0 Å². The molecule has 4 aromatic rings. The van der Waals surface area contributed by atoms with Crippen molar-refractivity contribution in [1.29, 1.82) is 0 Å². The Morgan fingerprint density at radius 3 is 2.39 bits per heavy atom. The highest BCUT2D eigenvalue weighted by Gasteiger charge is 2.42. The van der Waals surface area contributed by atoms with E-state index in [2.05, 4.69) is 68.7 Å². The third kappa shape index (κ3) is 5.16. The average molecular weight is 546 g/mol. The number of hydrogen-bond acceptors (Lipinski definition) is 4. The molecule has 0 amide bonds. The van der Waals surface area contributed by atoms with Crippen molar-refractivity contribution < 1.29 is 8.42 Å². The lowest BCUT2D eigenvalue weighted by molar-refractivity contribution is 0.563. The number of anilines is 2. The van der Waals surface area contributed by atoms with Crippen LogP contribution in [0.15, 0.2) is 79.0 Å². The zero-order valence-corrected chi connectivity index (χ0v) is 23.5. The van der Waals surface area contributed by atoms with E-state index in [1.165, 1.54) is 17.0 Å². The first-order chi connectivity index (χ1) is 18.1. The Kier molecular flexibility index (Phi) is 6.98. The van der Waals surface area contributed by atoms with E-state index in [1.54, 1.807) is 12.3 Å². The fraction of sp³-hybridized carbons (Fsp3) is 0.241. The van der Waals surface area contributed by atoms with Gasteiger partial charge in [-0.25, -0.2) is 8.42 Å². The third-order valence-electron chi connectivity index (χ3n) is 7.00. The highest BCUT2D eigenvalue weighted by molar-refractivity contribution is 7.92. The maximum atomic E-state index is 11.8. The summed E-state index contributed by atoms with van der Waals surface area (Å²) in [5.74, 6) is 0. The fourth-order valence-corrected chi connectivity index (χ4v) is 6.17. The summed E-state index contributed by atoms with van der Waals surface area (Å²) in [6.07, 6.45) is 2.95. The highest BCUT2D eigenvalue weighted by Crippen LogP contribution is 2.44. The van der Waals surface area contributed by atoms with E-state index >= 15 is 0 Å². The van der Waals surface area contributed by atoms with Gasteiger partial charge in [-0.2, -0.15) is 0 Å². The molecule has 2 aromatic carbocycles. The molecular weight excluding hydrogens is 514 g/mol. The maximum Gasteiger partial charge on any atom is 0.229 e. The number of pyridine rings is 1. The first kappa shape index (κ1) is 25.9. The van der Waals surface area contributed by atoms with Crippen molar-refractivity contribution >= 4 is 38.7 Å². The molecule has 38 heavy (non-hydrogen) atoms. The molecule has 0 aliphatic carbocycles. The molecule has 0 bridgehead atoms. The van der Waals surface area contributed by atoms with Gasteiger partial charge in [0.25, 0.3) is 0 Å². The monoisotopic (exact) mass is 545 g/mol. The van der Waals surface area contributed by atoms with Gasteiger partial charge < -0.3 is 14.8 Å². The van der Waals surface area contributed by atoms with Crippen LogP contribution in [0.4, 0.5) is 11.4 Å². The van der Waals surface area contributed by atoms with Crippen LogP contribution in [0.25, 0.3) is 0 Å². The smallest absolute Gasteiger partial charge is 0.229 e. The van der Waals surface area contributed by atoms with Crippen LogP contribution < -0.4 is 14.9 Å². The third-order valence-corrected chi connectivity index (χ3v) is 7.90. The second-order valence-corrected chi connectivity index (χ2v) is 11.9. The minimum atomic E-state index is -3.39. The second kappa shape index (κ2) is 10.2. The molecular formula is C29H31N5O2S2.